The zero-order chi connectivity index (χ0) is 25.5. The molecule has 184 valence electrons. The second kappa shape index (κ2) is 11.5. The Morgan fingerprint density at radius 3 is 1.31 bits per heavy atom. The molecule has 2 unspecified atom stereocenters. The van der Waals surface area contributed by atoms with Crippen LogP contribution in [0.15, 0.2) is 97.1 Å². The number of benzene rings is 4. The van der Waals surface area contributed by atoms with Gasteiger partial charge in [-0.2, -0.15) is 0 Å². The number of carbonyl (C=O) groups is 1. The summed E-state index contributed by atoms with van der Waals surface area (Å²) in [6.07, 6.45) is 2.12. The lowest BCUT2D eigenvalue weighted by Crippen LogP contribution is -2.22. The third-order valence-corrected chi connectivity index (χ3v) is 6.59. The molecule has 4 aromatic rings. The molecule has 36 heavy (non-hydrogen) atoms. The van der Waals surface area contributed by atoms with Gasteiger partial charge in [0.05, 0.1) is 0 Å². The molecule has 5 heteroatoms. The highest BCUT2D eigenvalue weighted by Gasteiger charge is 2.32. The van der Waals surface area contributed by atoms with Crippen LogP contribution in [0.3, 0.4) is 0 Å². The molecule has 0 saturated carbocycles. The fourth-order valence-electron chi connectivity index (χ4n) is 4.71. The fraction of sp³-hybridized carbons (Fsp3) is 0.194. The maximum atomic E-state index is 14.2. The van der Waals surface area contributed by atoms with Crippen molar-refractivity contribution < 1.29 is 25.2 Å². The van der Waals surface area contributed by atoms with Crippen molar-refractivity contribution in [3.05, 3.63) is 119 Å². The quantitative estimate of drug-likeness (QED) is 0.215. The van der Waals surface area contributed by atoms with Crippen LogP contribution in [0.5, 0.6) is 23.0 Å². The van der Waals surface area contributed by atoms with Crippen LogP contribution >= 0.6 is 0 Å². The van der Waals surface area contributed by atoms with Crippen LogP contribution in [-0.4, -0.2) is 26.2 Å². The Labute approximate surface area is 210 Å². The Balaban J connectivity index is 1.71. The number of hydrogen-bond acceptors (Lipinski definition) is 5. The summed E-state index contributed by atoms with van der Waals surface area (Å²) in [7, 11) is 0. The van der Waals surface area contributed by atoms with Crippen LogP contribution < -0.4 is 0 Å². The van der Waals surface area contributed by atoms with Gasteiger partial charge in [0.2, 0.25) is 0 Å². The topological polar surface area (TPSA) is 98.0 Å². The molecule has 0 saturated heterocycles. The zero-order valence-corrected chi connectivity index (χ0v) is 19.9. The fourth-order valence-corrected chi connectivity index (χ4v) is 4.71. The van der Waals surface area contributed by atoms with Crippen LogP contribution in [0.2, 0.25) is 0 Å². The number of Topliss-reactive ketones (excluding diaryl/α,β-unsaturated/α-hetero) is 1. The van der Waals surface area contributed by atoms with Gasteiger partial charge < -0.3 is 20.4 Å². The molecule has 5 nitrogen and oxygen atoms in total. The van der Waals surface area contributed by atoms with Crippen LogP contribution in [0, 0.1) is 0 Å². The van der Waals surface area contributed by atoms with Crippen LogP contribution in [0.1, 0.15) is 46.9 Å². The van der Waals surface area contributed by atoms with E-state index in [1.165, 1.54) is 24.3 Å². The summed E-state index contributed by atoms with van der Waals surface area (Å²) in [5.41, 5.74) is 3.03. The van der Waals surface area contributed by atoms with Gasteiger partial charge in [-0.15, -0.1) is 0 Å². The number of carbonyl (C=O) groups excluding carboxylic acids is 1. The molecule has 0 aliphatic heterocycles. The Hall–Kier alpha value is -4.25. The van der Waals surface area contributed by atoms with E-state index in [4.69, 9.17) is 0 Å². The summed E-state index contributed by atoms with van der Waals surface area (Å²) in [5, 5.41) is 41.0. The minimum Gasteiger partial charge on any atom is -0.508 e. The first-order valence-electron chi connectivity index (χ1n) is 12.1. The Bertz CT molecular complexity index is 1200. The number of ketones is 1. The smallest absolute Gasteiger partial charge is 0.148 e. The molecule has 0 spiro atoms. The molecule has 0 heterocycles. The first-order valence-corrected chi connectivity index (χ1v) is 12.1. The summed E-state index contributed by atoms with van der Waals surface area (Å²) < 4.78 is 0. The second-order valence-electron chi connectivity index (χ2n) is 9.04. The van der Waals surface area contributed by atoms with Crippen molar-refractivity contribution in [2.75, 3.05) is 0 Å². The van der Waals surface area contributed by atoms with Crippen molar-refractivity contribution in [2.45, 2.75) is 37.5 Å². The van der Waals surface area contributed by atoms with Crippen molar-refractivity contribution in [1.29, 1.82) is 0 Å². The van der Waals surface area contributed by atoms with Crippen molar-refractivity contribution in [3.8, 4) is 23.0 Å². The van der Waals surface area contributed by atoms with Gasteiger partial charge in [-0.3, -0.25) is 4.79 Å². The van der Waals surface area contributed by atoms with E-state index in [1.54, 1.807) is 12.1 Å². The zero-order valence-electron chi connectivity index (χ0n) is 19.9. The lowest BCUT2D eigenvalue weighted by Gasteiger charge is -2.25. The predicted molar refractivity (Wildman–Crippen MR) is 140 cm³/mol. The van der Waals surface area contributed by atoms with E-state index in [0.29, 0.717) is 36.8 Å². The highest BCUT2D eigenvalue weighted by atomic mass is 16.3. The van der Waals surface area contributed by atoms with Gasteiger partial charge in [-0.05, 0) is 48.9 Å². The molecule has 4 rings (SSSR count). The molecule has 0 aromatic heterocycles. The van der Waals surface area contributed by atoms with E-state index in [2.05, 4.69) is 0 Å². The second-order valence-corrected chi connectivity index (χ2v) is 9.04. The molecule has 0 aliphatic rings. The highest BCUT2D eigenvalue weighted by molar-refractivity contribution is 5.93. The van der Waals surface area contributed by atoms with Crippen molar-refractivity contribution in [3.63, 3.8) is 0 Å². The summed E-state index contributed by atoms with van der Waals surface area (Å²) in [6.45, 7) is 0. The average molecular weight is 483 g/mol. The minimum absolute atomic E-state index is 0.0812. The third kappa shape index (κ3) is 6.05. The molecular weight excluding hydrogens is 452 g/mol. The van der Waals surface area contributed by atoms with Gasteiger partial charge in [0.15, 0.2) is 0 Å². The van der Waals surface area contributed by atoms with Gasteiger partial charge >= 0.3 is 0 Å². The molecule has 4 N–H and O–H groups in total. The standard InChI is InChI=1S/C31H30O5/c32-23-13-17-25(29(34)19-23)27(15-11-21-7-3-1-4-8-21)31(36)28(16-12-22-9-5-2-6-10-22)26-18-14-24(33)20-30(26)35/h1-10,13-14,17-20,27-28,32-35H,11-12,15-16H2. The lowest BCUT2D eigenvalue weighted by atomic mass is 9.78. The number of phenols is 4. The third-order valence-electron chi connectivity index (χ3n) is 6.59. The van der Waals surface area contributed by atoms with Gasteiger partial charge in [0.1, 0.15) is 28.8 Å². The predicted octanol–water partition coefficient (Wildman–Crippen LogP) is 6.21. The van der Waals surface area contributed by atoms with E-state index < -0.39 is 11.8 Å². The van der Waals surface area contributed by atoms with Crippen LogP contribution in [0.4, 0.5) is 0 Å². The van der Waals surface area contributed by atoms with Crippen molar-refractivity contribution in [1.82, 2.24) is 0 Å². The Morgan fingerprint density at radius 1 is 0.556 bits per heavy atom. The minimum atomic E-state index is -0.667. The van der Waals surface area contributed by atoms with Crippen LogP contribution in [-0.2, 0) is 17.6 Å². The first-order chi connectivity index (χ1) is 17.4. The van der Waals surface area contributed by atoms with Gasteiger partial charge in [0.25, 0.3) is 0 Å². The summed E-state index contributed by atoms with van der Waals surface area (Å²) in [6, 6.07) is 28.2. The van der Waals surface area contributed by atoms with Gasteiger partial charge in [-0.1, -0.05) is 72.8 Å². The molecule has 4 aromatic carbocycles. The normalized spacial score (nSPS) is 12.7. The Kier molecular flexibility index (Phi) is 7.91. The number of hydrogen-bond donors (Lipinski definition) is 4. The number of rotatable bonds is 10. The molecular formula is C31H30O5. The molecule has 0 bridgehead atoms. The van der Waals surface area contributed by atoms with E-state index >= 15 is 0 Å². The molecule has 0 amide bonds. The van der Waals surface area contributed by atoms with E-state index in [1.807, 2.05) is 60.7 Å². The van der Waals surface area contributed by atoms with Gasteiger partial charge in [0, 0.05) is 35.1 Å². The van der Waals surface area contributed by atoms with Crippen molar-refractivity contribution >= 4 is 5.78 Å². The summed E-state index contributed by atoms with van der Waals surface area (Å²) >= 11 is 0. The number of phenolic OH excluding ortho intramolecular Hbond substituents is 4. The van der Waals surface area contributed by atoms with E-state index in [-0.39, 0.29) is 28.8 Å². The van der Waals surface area contributed by atoms with Gasteiger partial charge in [-0.25, -0.2) is 0 Å². The highest BCUT2D eigenvalue weighted by Crippen LogP contribution is 2.40. The monoisotopic (exact) mass is 482 g/mol. The molecule has 0 radical (unpaired) electrons. The lowest BCUT2D eigenvalue weighted by molar-refractivity contribution is -0.122. The maximum Gasteiger partial charge on any atom is 0.148 e. The maximum absolute atomic E-state index is 14.2. The van der Waals surface area contributed by atoms with Crippen molar-refractivity contribution in [2.24, 2.45) is 0 Å². The number of aryl methyl sites for hydroxylation is 2. The SMILES string of the molecule is O=C(C(CCc1ccccc1)c1ccc(O)cc1O)C(CCc1ccccc1)c1ccc(O)cc1O. The van der Waals surface area contributed by atoms with E-state index in [9.17, 15) is 25.2 Å². The largest absolute Gasteiger partial charge is 0.508 e. The first kappa shape index (κ1) is 24.9. The molecule has 0 aliphatic carbocycles. The summed E-state index contributed by atoms with van der Waals surface area (Å²) in [5.74, 6) is -1.91. The molecule has 0 fully saturated rings. The van der Waals surface area contributed by atoms with Crippen LogP contribution in [0.25, 0.3) is 0 Å². The van der Waals surface area contributed by atoms with E-state index in [0.717, 1.165) is 11.1 Å². The average Bonchev–Trinajstić information content (AvgIpc) is 2.87. The summed E-state index contributed by atoms with van der Waals surface area (Å²) in [4.78, 5) is 14.2. The number of aromatic hydroxyl groups is 4. The molecule has 2 atom stereocenters. The Morgan fingerprint density at radius 2 is 0.944 bits per heavy atom.